The molecule has 3 aromatic rings. The molecule has 0 saturated carbocycles. The minimum Gasteiger partial charge on any atom is -0.354 e. The van der Waals surface area contributed by atoms with Crippen molar-refractivity contribution >= 4 is 5.91 Å². The molecule has 2 aromatic heterocycles. The van der Waals surface area contributed by atoms with Gasteiger partial charge in [-0.15, -0.1) is 5.10 Å². The van der Waals surface area contributed by atoms with Crippen LogP contribution in [0.3, 0.4) is 0 Å². The maximum atomic E-state index is 12.6. The predicted molar refractivity (Wildman–Crippen MR) is 88.0 cm³/mol. The van der Waals surface area contributed by atoms with Gasteiger partial charge in [-0.3, -0.25) is 9.78 Å². The van der Waals surface area contributed by atoms with E-state index in [0.717, 1.165) is 11.3 Å². The molecule has 1 amide bonds. The molecule has 0 aliphatic carbocycles. The van der Waals surface area contributed by atoms with E-state index in [-0.39, 0.29) is 5.91 Å². The van der Waals surface area contributed by atoms with Gasteiger partial charge in [-0.25, -0.2) is 4.68 Å². The summed E-state index contributed by atoms with van der Waals surface area (Å²) in [6.07, 6.45) is 4.42. The lowest BCUT2D eigenvalue weighted by molar-refractivity contribution is -0.124. The van der Waals surface area contributed by atoms with Crippen LogP contribution in [-0.2, 0) is 17.6 Å². The number of aromatic nitrogens is 5. The Balaban J connectivity index is 1.63. The quantitative estimate of drug-likeness (QED) is 0.707. The maximum absolute atomic E-state index is 12.6. The number of amides is 1. The van der Waals surface area contributed by atoms with Gasteiger partial charge in [0.1, 0.15) is 12.4 Å². The molecule has 0 fully saturated rings. The fourth-order valence-electron chi connectivity index (χ4n) is 2.43. The molecule has 2 heterocycles. The Morgan fingerprint density at radius 2 is 1.96 bits per heavy atom. The van der Waals surface area contributed by atoms with Gasteiger partial charge in [-0.2, -0.15) is 0 Å². The Morgan fingerprint density at radius 1 is 1.12 bits per heavy atom. The van der Waals surface area contributed by atoms with Crippen LogP contribution in [0.25, 0.3) is 0 Å². The lowest BCUT2D eigenvalue weighted by Crippen LogP contribution is -2.35. The van der Waals surface area contributed by atoms with Gasteiger partial charge in [-0.05, 0) is 28.1 Å². The van der Waals surface area contributed by atoms with Crippen molar-refractivity contribution in [1.29, 1.82) is 0 Å². The third kappa shape index (κ3) is 4.22. The zero-order valence-electron chi connectivity index (χ0n) is 13.1. The highest BCUT2D eigenvalue weighted by molar-refractivity contribution is 5.80. The molecule has 7 heteroatoms. The zero-order valence-corrected chi connectivity index (χ0v) is 13.1. The van der Waals surface area contributed by atoms with Crippen LogP contribution in [0.1, 0.15) is 17.3 Å². The van der Waals surface area contributed by atoms with Gasteiger partial charge in [0, 0.05) is 31.3 Å². The first-order chi connectivity index (χ1) is 11.8. The summed E-state index contributed by atoms with van der Waals surface area (Å²) in [5, 5.41) is 14.1. The van der Waals surface area contributed by atoms with Crippen molar-refractivity contribution in [2.75, 3.05) is 6.54 Å². The van der Waals surface area contributed by atoms with Crippen molar-refractivity contribution < 1.29 is 4.79 Å². The summed E-state index contributed by atoms with van der Waals surface area (Å²) in [5.41, 5.74) is 2.00. The normalized spacial score (nSPS) is 11.8. The first-order valence-electron chi connectivity index (χ1n) is 7.77. The van der Waals surface area contributed by atoms with E-state index in [0.29, 0.717) is 19.4 Å². The molecule has 0 spiro atoms. The number of nitrogens with one attached hydrogen (secondary N) is 1. The predicted octanol–water partition coefficient (Wildman–Crippen LogP) is 1.21. The topological polar surface area (TPSA) is 85.6 Å². The molecule has 0 aliphatic rings. The molecule has 1 unspecified atom stereocenters. The highest BCUT2D eigenvalue weighted by Gasteiger charge is 2.21. The van der Waals surface area contributed by atoms with Crippen LogP contribution in [0.5, 0.6) is 0 Å². The van der Waals surface area contributed by atoms with Gasteiger partial charge in [-0.1, -0.05) is 36.4 Å². The fourth-order valence-corrected chi connectivity index (χ4v) is 2.43. The van der Waals surface area contributed by atoms with Crippen molar-refractivity contribution in [1.82, 2.24) is 30.5 Å². The van der Waals surface area contributed by atoms with Gasteiger partial charge in [0.15, 0.2) is 0 Å². The Bertz CT molecular complexity index is 745. The van der Waals surface area contributed by atoms with Crippen LogP contribution >= 0.6 is 0 Å². The first kappa shape index (κ1) is 15.8. The van der Waals surface area contributed by atoms with E-state index in [4.69, 9.17) is 0 Å². The summed E-state index contributed by atoms with van der Waals surface area (Å²) in [7, 11) is 0. The minimum absolute atomic E-state index is 0.109. The number of tetrazole rings is 1. The number of pyridine rings is 1. The molecule has 0 radical (unpaired) electrons. The number of hydrogen-bond acceptors (Lipinski definition) is 5. The van der Waals surface area contributed by atoms with Gasteiger partial charge >= 0.3 is 0 Å². The summed E-state index contributed by atoms with van der Waals surface area (Å²) in [6.45, 7) is 0.517. The fraction of sp³-hybridized carbons (Fsp3) is 0.235. The molecule has 0 aliphatic heterocycles. The first-order valence-corrected chi connectivity index (χ1v) is 7.77. The van der Waals surface area contributed by atoms with Crippen LogP contribution in [0.2, 0.25) is 0 Å². The molecule has 24 heavy (non-hydrogen) atoms. The Hall–Kier alpha value is -3.09. The molecule has 3 rings (SSSR count). The number of benzene rings is 1. The summed E-state index contributed by atoms with van der Waals surface area (Å²) < 4.78 is 1.49. The van der Waals surface area contributed by atoms with Crippen molar-refractivity contribution in [2.45, 2.75) is 18.9 Å². The van der Waals surface area contributed by atoms with E-state index < -0.39 is 6.04 Å². The van der Waals surface area contributed by atoms with E-state index in [1.807, 2.05) is 48.5 Å². The molecule has 0 saturated heterocycles. The number of rotatable bonds is 7. The molecule has 1 aromatic carbocycles. The van der Waals surface area contributed by atoms with Crippen LogP contribution in [0.4, 0.5) is 0 Å². The molecular weight excluding hydrogens is 304 g/mol. The smallest absolute Gasteiger partial charge is 0.245 e. The van der Waals surface area contributed by atoms with Gasteiger partial charge in [0.05, 0.1) is 0 Å². The average molecular weight is 322 g/mol. The highest BCUT2D eigenvalue weighted by atomic mass is 16.2. The van der Waals surface area contributed by atoms with Crippen LogP contribution in [0, 0.1) is 0 Å². The molecule has 7 nitrogen and oxygen atoms in total. The summed E-state index contributed by atoms with van der Waals surface area (Å²) >= 11 is 0. The third-order valence-electron chi connectivity index (χ3n) is 3.67. The maximum Gasteiger partial charge on any atom is 0.245 e. The number of carbonyl (C=O) groups is 1. The Labute approximate surface area is 139 Å². The molecule has 1 N–H and O–H groups in total. The third-order valence-corrected chi connectivity index (χ3v) is 3.67. The van der Waals surface area contributed by atoms with Crippen molar-refractivity contribution in [2.24, 2.45) is 0 Å². The van der Waals surface area contributed by atoms with E-state index in [2.05, 4.69) is 25.8 Å². The van der Waals surface area contributed by atoms with Crippen molar-refractivity contribution in [3.05, 3.63) is 72.3 Å². The van der Waals surface area contributed by atoms with Crippen LogP contribution in [0.15, 0.2) is 61.1 Å². The van der Waals surface area contributed by atoms with Crippen LogP contribution < -0.4 is 5.32 Å². The SMILES string of the molecule is O=C(NCCc1ccccn1)C(Cc1ccccc1)n1cnnn1. The van der Waals surface area contributed by atoms with Crippen LogP contribution in [-0.4, -0.2) is 37.6 Å². The second-order valence-corrected chi connectivity index (χ2v) is 5.36. The average Bonchev–Trinajstić information content (AvgIpc) is 3.16. The number of nitrogens with zero attached hydrogens (tertiary/aromatic N) is 5. The standard InChI is InChI=1S/C17H18N6O/c24-17(19-11-9-15-8-4-5-10-18-15)16(23-13-20-21-22-23)12-14-6-2-1-3-7-14/h1-8,10,13,16H,9,11-12H2,(H,19,24). The monoisotopic (exact) mass is 322 g/mol. The second-order valence-electron chi connectivity index (χ2n) is 5.36. The summed E-state index contributed by atoms with van der Waals surface area (Å²) in [5.74, 6) is -0.109. The lowest BCUT2D eigenvalue weighted by Gasteiger charge is -2.16. The molecule has 0 bridgehead atoms. The Kier molecular flexibility index (Phi) is 5.24. The minimum atomic E-state index is -0.480. The van der Waals surface area contributed by atoms with Crippen molar-refractivity contribution in [3.63, 3.8) is 0 Å². The largest absolute Gasteiger partial charge is 0.354 e. The van der Waals surface area contributed by atoms with E-state index >= 15 is 0 Å². The van der Waals surface area contributed by atoms with E-state index in [9.17, 15) is 4.79 Å². The molecule has 122 valence electrons. The van der Waals surface area contributed by atoms with Crippen molar-refractivity contribution in [3.8, 4) is 0 Å². The zero-order chi connectivity index (χ0) is 16.6. The summed E-state index contributed by atoms with van der Waals surface area (Å²) in [6, 6.07) is 15.1. The van der Waals surface area contributed by atoms with E-state index in [1.165, 1.54) is 11.0 Å². The molecule has 1 atom stereocenters. The van der Waals surface area contributed by atoms with Gasteiger partial charge in [0.25, 0.3) is 0 Å². The lowest BCUT2D eigenvalue weighted by atomic mass is 10.1. The molecular formula is C17H18N6O. The number of carbonyl (C=O) groups excluding carboxylic acids is 1. The van der Waals surface area contributed by atoms with E-state index in [1.54, 1.807) is 6.20 Å². The highest BCUT2D eigenvalue weighted by Crippen LogP contribution is 2.13. The number of hydrogen-bond donors (Lipinski definition) is 1. The summed E-state index contributed by atoms with van der Waals surface area (Å²) in [4.78, 5) is 16.8. The van der Waals surface area contributed by atoms with Gasteiger partial charge < -0.3 is 5.32 Å². The van der Waals surface area contributed by atoms with Gasteiger partial charge in [0.2, 0.25) is 5.91 Å². The Morgan fingerprint density at radius 3 is 2.67 bits per heavy atom. The second kappa shape index (κ2) is 7.96.